The van der Waals surface area contributed by atoms with E-state index in [0.29, 0.717) is 26.1 Å². The molecule has 1 aromatic carbocycles. The van der Waals surface area contributed by atoms with E-state index in [2.05, 4.69) is 4.98 Å². The van der Waals surface area contributed by atoms with Gasteiger partial charge in [0.05, 0.1) is 17.4 Å². The first kappa shape index (κ1) is 37.3. The number of carbonyl (C=O) groups is 4. The Bertz CT molecular complexity index is 1380. The van der Waals surface area contributed by atoms with Gasteiger partial charge in [-0.1, -0.05) is 38.5 Å². The quantitative estimate of drug-likeness (QED) is 0.186. The second kappa shape index (κ2) is 17.6. The van der Waals surface area contributed by atoms with E-state index >= 15 is 0 Å². The van der Waals surface area contributed by atoms with E-state index in [4.69, 9.17) is 15.0 Å². The summed E-state index contributed by atoms with van der Waals surface area (Å²) in [6.45, 7) is 9.83. The van der Waals surface area contributed by atoms with E-state index < -0.39 is 34.1 Å². The average molecular weight is 648 g/mol. The van der Waals surface area contributed by atoms with Crippen molar-refractivity contribution in [3.05, 3.63) is 59.9 Å². The lowest BCUT2D eigenvalue weighted by molar-refractivity contribution is -0.178. The molecule has 3 atom stereocenters. The van der Waals surface area contributed by atoms with Gasteiger partial charge in [-0.2, -0.15) is 8.42 Å². The Morgan fingerprint density at radius 3 is 2.22 bits per heavy atom. The number of piperidine rings is 1. The number of nitrogens with zero attached hydrogens (tertiary/aromatic N) is 4. The Hall–Kier alpha value is -3.88. The van der Waals surface area contributed by atoms with Gasteiger partial charge in [-0.15, -0.1) is 0 Å². The number of nitrogens with two attached hydrogens (primary N) is 1. The first-order chi connectivity index (χ1) is 21.2. The fourth-order valence-corrected chi connectivity index (χ4v) is 5.35. The van der Waals surface area contributed by atoms with Crippen molar-refractivity contribution >= 4 is 33.8 Å². The van der Waals surface area contributed by atoms with Crippen LogP contribution in [0.15, 0.2) is 53.7 Å². The van der Waals surface area contributed by atoms with Gasteiger partial charge in [0.1, 0.15) is 0 Å². The standard InChI is InChI=1S/C24H37N5O5.C7H8O3S/c1-5-27(6-2)23(21(25)31)34-24(33)17(3)16-29(18(4)30)28-15-7-8-20(22(28)32)10-9-19-11-13-26-14-12-19;1-6-2-4-7(5-3-6)11(8,9)10/h11-14,17,20,23H,5-10,15-16H2,1-4H3,(H2,25,31);2-5H,1H3,(H,8,9,10)/t17?,20-,23?;/m0./s1. The van der Waals surface area contributed by atoms with Crippen LogP contribution >= 0.6 is 0 Å². The van der Waals surface area contributed by atoms with Crippen LogP contribution in [-0.2, 0) is 40.5 Å². The molecule has 1 fully saturated rings. The SMILES string of the molecule is CCN(CC)C(OC(=O)C(C)CN(C(C)=O)N1CCC[C@@H](CCc2ccncc2)C1=O)C(N)=O.Cc1ccc(S(=O)(=O)O)cc1. The van der Waals surface area contributed by atoms with Crippen molar-refractivity contribution in [3.63, 3.8) is 0 Å². The summed E-state index contributed by atoms with van der Waals surface area (Å²) in [6, 6.07) is 9.84. The van der Waals surface area contributed by atoms with Gasteiger partial charge in [-0.05, 0) is 75.5 Å². The molecule has 248 valence electrons. The molecular formula is C31H45N5O8S. The number of primary amides is 1. The highest BCUT2D eigenvalue weighted by atomic mass is 32.2. The second-order valence-electron chi connectivity index (χ2n) is 10.9. The van der Waals surface area contributed by atoms with E-state index in [1.165, 1.54) is 29.1 Å². The summed E-state index contributed by atoms with van der Waals surface area (Å²) in [5.41, 5.74) is 7.49. The van der Waals surface area contributed by atoms with E-state index in [0.717, 1.165) is 30.4 Å². The average Bonchev–Trinajstić information content (AvgIpc) is 2.99. The van der Waals surface area contributed by atoms with Crippen LogP contribution in [0.25, 0.3) is 0 Å². The summed E-state index contributed by atoms with van der Waals surface area (Å²) in [7, 11) is -4.02. The van der Waals surface area contributed by atoms with Crippen molar-refractivity contribution in [2.75, 3.05) is 26.2 Å². The van der Waals surface area contributed by atoms with Gasteiger partial charge in [-0.3, -0.25) is 43.6 Å². The topological polar surface area (TPSA) is 181 Å². The molecule has 2 unspecified atom stereocenters. The summed E-state index contributed by atoms with van der Waals surface area (Å²) in [5.74, 6) is -2.82. The van der Waals surface area contributed by atoms with Crippen LogP contribution in [0.1, 0.15) is 58.1 Å². The van der Waals surface area contributed by atoms with Crippen molar-refractivity contribution in [2.45, 2.75) is 71.4 Å². The van der Waals surface area contributed by atoms with Crippen molar-refractivity contribution in [1.82, 2.24) is 19.9 Å². The molecule has 0 radical (unpaired) electrons. The zero-order valence-electron chi connectivity index (χ0n) is 26.6. The molecule has 1 aliphatic heterocycles. The molecule has 0 bridgehead atoms. The predicted octanol–water partition coefficient (Wildman–Crippen LogP) is 2.59. The number of aromatic nitrogens is 1. The van der Waals surface area contributed by atoms with E-state index in [1.807, 2.05) is 32.9 Å². The molecule has 1 saturated heterocycles. The highest BCUT2D eigenvalue weighted by molar-refractivity contribution is 7.85. The summed E-state index contributed by atoms with van der Waals surface area (Å²) < 4.78 is 34.9. The molecule has 0 aliphatic carbocycles. The Balaban J connectivity index is 0.000000537. The first-order valence-corrected chi connectivity index (χ1v) is 16.4. The molecule has 14 heteroatoms. The van der Waals surface area contributed by atoms with Gasteiger partial charge in [0.15, 0.2) is 0 Å². The molecule has 13 nitrogen and oxygen atoms in total. The number of aryl methyl sites for hydroxylation is 2. The molecule has 2 heterocycles. The molecule has 45 heavy (non-hydrogen) atoms. The van der Waals surface area contributed by atoms with Gasteiger partial charge in [0, 0.05) is 31.8 Å². The number of hydrogen-bond donors (Lipinski definition) is 2. The van der Waals surface area contributed by atoms with Gasteiger partial charge in [0.25, 0.3) is 16.0 Å². The summed E-state index contributed by atoms with van der Waals surface area (Å²) in [5, 5.41) is 2.78. The summed E-state index contributed by atoms with van der Waals surface area (Å²) in [4.78, 5) is 55.8. The number of hydrazine groups is 1. The molecule has 1 aromatic heterocycles. The minimum absolute atomic E-state index is 0.0271. The fourth-order valence-electron chi connectivity index (χ4n) is 4.86. The maximum atomic E-state index is 13.2. The molecule has 0 saturated carbocycles. The smallest absolute Gasteiger partial charge is 0.312 e. The maximum absolute atomic E-state index is 13.2. The molecule has 3 N–H and O–H groups in total. The summed E-state index contributed by atoms with van der Waals surface area (Å²) in [6.07, 6.45) is 5.22. The van der Waals surface area contributed by atoms with Gasteiger partial charge in [-0.25, -0.2) is 0 Å². The number of esters is 1. The second-order valence-corrected chi connectivity index (χ2v) is 12.3. The fraction of sp³-hybridized carbons (Fsp3) is 0.516. The highest BCUT2D eigenvalue weighted by Crippen LogP contribution is 2.25. The van der Waals surface area contributed by atoms with Gasteiger partial charge in [0.2, 0.25) is 18.0 Å². The lowest BCUT2D eigenvalue weighted by atomic mass is 9.91. The van der Waals surface area contributed by atoms with Crippen LogP contribution in [0.3, 0.4) is 0 Å². The molecule has 3 rings (SSSR count). The third kappa shape index (κ3) is 11.5. The number of amides is 3. The first-order valence-electron chi connectivity index (χ1n) is 15.0. The highest BCUT2D eigenvalue weighted by Gasteiger charge is 2.36. The minimum atomic E-state index is -4.02. The maximum Gasteiger partial charge on any atom is 0.312 e. The number of carbonyl (C=O) groups excluding carboxylic acids is 4. The van der Waals surface area contributed by atoms with Crippen molar-refractivity contribution in [1.29, 1.82) is 0 Å². The van der Waals surface area contributed by atoms with Crippen LogP contribution in [-0.4, -0.2) is 89.0 Å². The van der Waals surface area contributed by atoms with E-state index in [-0.39, 0.29) is 29.2 Å². The van der Waals surface area contributed by atoms with Gasteiger partial charge < -0.3 is 10.5 Å². The lowest BCUT2D eigenvalue weighted by Gasteiger charge is -2.40. The monoisotopic (exact) mass is 647 g/mol. The minimum Gasteiger partial charge on any atom is -0.436 e. The van der Waals surface area contributed by atoms with Crippen LogP contribution in [0, 0.1) is 18.8 Å². The predicted molar refractivity (Wildman–Crippen MR) is 167 cm³/mol. The Kier molecular flexibility index (Phi) is 14.6. The van der Waals surface area contributed by atoms with Gasteiger partial charge >= 0.3 is 5.97 Å². The zero-order valence-corrected chi connectivity index (χ0v) is 27.4. The number of pyridine rings is 1. The molecule has 3 amide bonds. The number of ether oxygens (including phenoxy) is 1. The van der Waals surface area contributed by atoms with Crippen LogP contribution < -0.4 is 5.73 Å². The number of hydrogen-bond acceptors (Lipinski definition) is 9. The molecule has 1 aliphatic rings. The van der Waals surface area contributed by atoms with Crippen LogP contribution in [0.4, 0.5) is 0 Å². The largest absolute Gasteiger partial charge is 0.436 e. The number of likely N-dealkylation sites (N-methyl/N-ethyl adjacent to an activating group) is 1. The third-order valence-corrected chi connectivity index (χ3v) is 8.36. The van der Waals surface area contributed by atoms with E-state index in [9.17, 15) is 27.6 Å². The van der Waals surface area contributed by atoms with Crippen LogP contribution in [0.2, 0.25) is 0 Å². The van der Waals surface area contributed by atoms with Crippen LogP contribution in [0.5, 0.6) is 0 Å². The Labute approximate surface area is 265 Å². The van der Waals surface area contributed by atoms with Crippen molar-refractivity contribution in [2.24, 2.45) is 17.6 Å². The number of benzene rings is 1. The van der Waals surface area contributed by atoms with Crippen molar-refractivity contribution < 1.29 is 36.9 Å². The zero-order chi connectivity index (χ0) is 33.7. The third-order valence-electron chi connectivity index (χ3n) is 7.50. The number of rotatable bonds is 13. The Morgan fingerprint density at radius 2 is 1.71 bits per heavy atom. The van der Waals surface area contributed by atoms with Crippen molar-refractivity contribution in [3.8, 4) is 0 Å². The molecule has 0 spiro atoms. The van der Waals surface area contributed by atoms with E-state index in [1.54, 1.807) is 36.4 Å². The lowest BCUT2D eigenvalue weighted by Crippen LogP contribution is -2.55. The normalized spacial score (nSPS) is 16.3. The molecule has 2 aromatic rings. The molecular weight excluding hydrogens is 602 g/mol. The Morgan fingerprint density at radius 1 is 1.11 bits per heavy atom. The summed E-state index contributed by atoms with van der Waals surface area (Å²) >= 11 is 0.